The van der Waals surface area contributed by atoms with Gasteiger partial charge in [0.2, 0.25) is 0 Å². The molecule has 1 aliphatic rings. The Balaban J connectivity index is 2.11. The lowest BCUT2D eigenvalue weighted by atomic mass is 10.1. The first-order valence-electron chi connectivity index (χ1n) is 5.99. The molecule has 5 heteroatoms. The SMILES string of the molecule is Nc1ccc2c(N)nn(C3CCNCC3)c2c1. The number of rotatable bonds is 1. The van der Waals surface area contributed by atoms with E-state index in [4.69, 9.17) is 11.5 Å². The van der Waals surface area contributed by atoms with Crippen molar-refractivity contribution in [2.24, 2.45) is 0 Å². The van der Waals surface area contributed by atoms with E-state index in [-0.39, 0.29) is 0 Å². The van der Waals surface area contributed by atoms with Crippen LogP contribution in [0.4, 0.5) is 11.5 Å². The average molecular weight is 231 g/mol. The molecule has 5 N–H and O–H groups in total. The molecule has 2 aromatic rings. The number of benzene rings is 1. The highest BCUT2D eigenvalue weighted by molar-refractivity contribution is 5.91. The van der Waals surface area contributed by atoms with Gasteiger partial charge < -0.3 is 16.8 Å². The van der Waals surface area contributed by atoms with Gasteiger partial charge in [-0.25, -0.2) is 0 Å². The Morgan fingerprint density at radius 2 is 2.00 bits per heavy atom. The maximum atomic E-state index is 5.95. The van der Waals surface area contributed by atoms with Crippen molar-refractivity contribution in [3.8, 4) is 0 Å². The Kier molecular flexibility index (Phi) is 2.40. The lowest BCUT2D eigenvalue weighted by molar-refractivity contribution is 0.352. The molecule has 0 atom stereocenters. The summed E-state index contributed by atoms with van der Waals surface area (Å²) >= 11 is 0. The molecule has 5 nitrogen and oxygen atoms in total. The fourth-order valence-corrected chi connectivity index (χ4v) is 2.51. The first-order valence-corrected chi connectivity index (χ1v) is 5.99. The Labute approximate surface area is 99.8 Å². The molecule has 0 radical (unpaired) electrons. The van der Waals surface area contributed by atoms with Crippen LogP contribution in [-0.4, -0.2) is 22.9 Å². The fourth-order valence-electron chi connectivity index (χ4n) is 2.51. The van der Waals surface area contributed by atoms with Gasteiger partial charge in [-0.2, -0.15) is 5.10 Å². The molecule has 3 rings (SSSR count). The lowest BCUT2D eigenvalue weighted by Crippen LogP contribution is -2.29. The van der Waals surface area contributed by atoms with Crippen LogP contribution in [0, 0.1) is 0 Å². The molecule has 0 amide bonds. The molecular weight excluding hydrogens is 214 g/mol. The van der Waals surface area contributed by atoms with Gasteiger partial charge in [0, 0.05) is 11.1 Å². The zero-order valence-electron chi connectivity index (χ0n) is 9.69. The quantitative estimate of drug-likeness (QED) is 0.642. The number of nitrogens with zero attached hydrogens (tertiary/aromatic N) is 2. The van der Waals surface area contributed by atoms with E-state index in [1.807, 2.05) is 22.9 Å². The predicted molar refractivity (Wildman–Crippen MR) is 69.7 cm³/mol. The highest BCUT2D eigenvalue weighted by Crippen LogP contribution is 2.28. The summed E-state index contributed by atoms with van der Waals surface area (Å²) in [5.74, 6) is 0.596. The number of anilines is 2. The van der Waals surface area contributed by atoms with Crippen LogP contribution in [0.25, 0.3) is 10.9 Å². The lowest BCUT2D eigenvalue weighted by Gasteiger charge is -2.23. The molecule has 0 spiro atoms. The van der Waals surface area contributed by atoms with Crippen LogP contribution in [-0.2, 0) is 0 Å². The molecule has 17 heavy (non-hydrogen) atoms. The highest BCUT2D eigenvalue weighted by Gasteiger charge is 2.19. The number of aromatic nitrogens is 2. The molecule has 0 saturated carbocycles. The third kappa shape index (κ3) is 1.72. The van der Waals surface area contributed by atoms with Crippen LogP contribution < -0.4 is 16.8 Å². The van der Waals surface area contributed by atoms with Gasteiger partial charge in [-0.15, -0.1) is 0 Å². The van der Waals surface area contributed by atoms with Gasteiger partial charge in [-0.3, -0.25) is 4.68 Å². The Bertz CT molecular complexity index is 539. The van der Waals surface area contributed by atoms with Gasteiger partial charge >= 0.3 is 0 Å². The van der Waals surface area contributed by atoms with E-state index >= 15 is 0 Å². The van der Waals surface area contributed by atoms with E-state index in [9.17, 15) is 0 Å². The number of nitrogens with two attached hydrogens (primary N) is 2. The summed E-state index contributed by atoms with van der Waals surface area (Å²) in [6.45, 7) is 2.07. The second kappa shape index (κ2) is 3.92. The third-order valence-electron chi connectivity index (χ3n) is 3.41. The van der Waals surface area contributed by atoms with E-state index < -0.39 is 0 Å². The number of piperidine rings is 1. The van der Waals surface area contributed by atoms with Crippen molar-refractivity contribution in [3.63, 3.8) is 0 Å². The number of hydrogen-bond donors (Lipinski definition) is 3. The monoisotopic (exact) mass is 231 g/mol. The van der Waals surface area contributed by atoms with Crippen LogP contribution in [0.5, 0.6) is 0 Å². The number of fused-ring (bicyclic) bond motifs is 1. The highest BCUT2D eigenvalue weighted by atomic mass is 15.3. The van der Waals surface area contributed by atoms with E-state index in [0.717, 1.165) is 42.5 Å². The molecule has 2 heterocycles. The van der Waals surface area contributed by atoms with E-state index in [0.29, 0.717) is 11.9 Å². The summed E-state index contributed by atoms with van der Waals surface area (Å²) in [4.78, 5) is 0. The summed E-state index contributed by atoms with van der Waals surface area (Å²) in [6, 6.07) is 6.20. The maximum absolute atomic E-state index is 5.95. The predicted octanol–water partition coefficient (Wildman–Crippen LogP) is 1.13. The van der Waals surface area contributed by atoms with Crippen molar-refractivity contribution >= 4 is 22.4 Å². The van der Waals surface area contributed by atoms with Crippen LogP contribution in [0.2, 0.25) is 0 Å². The molecule has 1 aliphatic heterocycles. The summed E-state index contributed by atoms with van der Waals surface area (Å²) in [7, 11) is 0. The van der Waals surface area contributed by atoms with Crippen LogP contribution in [0.15, 0.2) is 18.2 Å². The summed E-state index contributed by atoms with van der Waals surface area (Å²) in [5.41, 5.74) is 13.6. The van der Waals surface area contributed by atoms with E-state index in [2.05, 4.69) is 10.4 Å². The third-order valence-corrected chi connectivity index (χ3v) is 3.41. The Morgan fingerprint density at radius 3 is 2.76 bits per heavy atom. The minimum absolute atomic E-state index is 0.429. The fraction of sp³-hybridized carbons (Fsp3) is 0.417. The van der Waals surface area contributed by atoms with Crippen LogP contribution >= 0.6 is 0 Å². The van der Waals surface area contributed by atoms with Gasteiger partial charge in [0.1, 0.15) is 0 Å². The summed E-state index contributed by atoms with van der Waals surface area (Å²) in [5, 5.41) is 8.82. The topological polar surface area (TPSA) is 81.9 Å². The second-order valence-electron chi connectivity index (χ2n) is 4.59. The van der Waals surface area contributed by atoms with Crippen molar-refractivity contribution in [1.82, 2.24) is 15.1 Å². The van der Waals surface area contributed by atoms with Crippen molar-refractivity contribution in [2.75, 3.05) is 24.6 Å². The van der Waals surface area contributed by atoms with Gasteiger partial charge in [0.15, 0.2) is 5.82 Å². The minimum Gasteiger partial charge on any atom is -0.399 e. The smallest absolute Gasteiger partial charge is 0.153 e. The van der Waals surface area contributed by atoms with Crippen molar-refractivity contribution < 1.29 is 0 Å². The van der Waals surface area contributed by atoms with Crippen molar-refractivity contribution in [1.29, 1.82) is 0 Å². The normalized spacial score (nSPS) is 17.6. The Hall–Kier alpha value is -1.75. The zero-order chi connectivity index (χ0) is 11.8. The molecule has 1 fully saturated rings. The van der Waals surface area contributed by atoms with Gasteiger partial charge in [0.25, 0.3) is 0 Å². The van der Waals surface area contributed by atoms with Crippen molar-refractivity contribution in [2.45, 2.75) is 18.9 Å². The van der Waals surface area contributed by atoms with E-state index in [1.54, 1.807) is 0 Å². The number of nitrogen functional groups attached to an aromatic ring is 2. The second-order valence-corrected chi connectivity index (χ2v) is 4.59. The number of hydrogen-bond acceptors (Lipinski definition) is 4. The van der Waals surface area contributed by atoms with Crippen LogP contribution in [0.3, 0.4) is 0 Å². The summed E-state index contributed by atoms with van der Waals surface area (Å²) < 4.78 is 2.04. The minimum atomic E-state index is 0.429. The van der Waals surface area contributed by atoms with Gasteiger partial charge in [-0.05, 0) is 44.1 Å². The molecule has 1 aromatic heterocycles. The Morgan fingerprint density at radius 1 is 1.24 bits per heavy atom. The van der Waals surface area contributed by atoms with Crippen molar-refractivity contribution in [3.05, 3.63) is 18.2 Å². The molecular formula is C12H17N5. The molecule has 1 saturated heterocycles. The molecule has 1 aromatic carbocycles. The largest absolute Gasteiger partial charge is 0.399 e. The standard InChI is InChI=1S/C12H17N5/c13-8-1-2-10-11(7-8)17(16-12(10)14)9-3-5-15-6-4-9/h1-2,7,9,15H,3-6,13H2,(H2,14,16). The first-order chi connectivity index (χ1) is 8.25. The molecule has 0 unspecified atom stereocenters. The van der Waals surface area contributed by atoms with Gasteiger partial charge in [0.05, 0.1) is 11.6 Å². The zero-order valence-corrected chi connectivity index (χ0v) is 9.69. The van der Waals surface area contributed by atoms with E-state index in [1.165, 1.54) is 0 Å². The van der Waals surface area contributed by atoms with Crippen LogP contribution in [0.1, 0.15) is 18.9 Å². The summed E-state index contributed by atoms with van der Waals surface area (Å²) in [6.07, 6.45) is 2.18. The molecule has 0 aliphatic carbocycles. The maximum Gasteiger partial charge on any atom is 0.153 e. The number of nitrogens with one attached hydrogen (secondary N) is 1. The first kappa shape index (κ1) is 10.4. The average Bonchev–Trinajstić information content (AvgIpc) is 2.67. The molecule has 0 bridgehead atoms. The van der Waals surface area contributed by atoms with Gasteiger partial charge in [-0.1, -0.05) is 0 Å². The molecule has 90 valence electrons.